The molecule has 0 aliphatic carbocycles. The number of carbonyl (C=O) groups is 2. The number of hydrogen-bond donors (Lipinski definition) is 2. The van der Waals surface area contributed by atoms with Crippen LogP contribution in [0.15, 0.2) is 18.2 Å². The molecule has 0 atom stereocenters. The fourth-order valence-electron chi connectivity index (χ4n) is 1.27. The van der Waals surface area contributed by atoms with Crippen LogP contribution in [0.3, 0.4) is 0 Å². The zero-order chi connectivity index (χ0) is 13.5. The first-order valence-corrected chi connectivity index (χ1v) is 5.32. The van der Waals surface area contributed by atoms with Crippen molar-refractivity contribution >= 4 is 17.6 Å². The Morgan fingerprint density at radius 1 is 1.44 bits per heavy atom. The molecule has 0 heterocycles. The molecule has 0 fully saturated rings. The molecular weight excluding hydrogens is 234 g/mol. The number of ether oxygens (including phenoxy) is 1. The second kappa shape index (κ2) is 6.30. The first kappa shape index (κ1) is 13.6. The highest BCUT2D eigenvalue weighted by Crippen LogP contribution is 2.13. The number of aromatic carboxylic acids is 1. The van der Waals surface area contributed by atoms with E-state index in [0.717, 1.165) is 0 Å². The van der Waals surface area contributed by atoms with Crippen LogP contribution in [0.1, 0.15) is 29.3 Å². The molecule has 5 heteroatoms. The van der Waals surface area contributed by atoms with Crippen LogP contribution < -0.4 is 5.73 Å². The molecule has 0 spiro atoms. The summed E-state index contributed by atoms with van der Waals surface area (Å²) in [6, 6.07) is 4.38. The summed E-state index contributed by atoms with van der Waals surface area (Å²) in [6.07, 6.45) is -0.00553. The van der Waals surface area contributed by atoms with Crippen molar-refractivity contribution in [2.24, 2.45) is 0 Å². The van der Waals surface area contributed by atoms with Gasteiger partial charge in [0.05, 0.1) is 12.2 Å². The number of nitrogen functional groups attached to an aromatic ring is 1. The lowest BCUT2D eigenvalue weighted by atomic mass is 10.1. The number of carboxylic acids is 1. The topological polar surface area (TPSA) is 89.6 Å². The van der Waals surface area contributed by atoms with Crippen molar-refractivity contribution < 1.29 is 19.4 Å². The van der Waals surface area contributed by atoms with Crippen LogP contribution in [0.4, 0.5) is 5.69 Å². The molecule has 1 aromatic carbocycles. The number of esters is 1. The van der Waals surface area contributed by atoms with E-state index in [1.54, 1.807) is 6.92 Å². The van der Waals surface area contributed by atoms with E-state index in [0.29, 0.717) is 12.2 Å². The third-order valence-corrected chi connectivity index (χ3v) is 2.05. The largest absolute Gasteiger partial charge is 0.478 e. The fraction of sp³-hybridized carbons (Fsp3) is 0.231. The van der Waals surface area contributed by atoms with Crippen molar-refractivity contribution in [3.8, 4) is 11.8 Å². The molecule has 0 radical (unpaired) electrons. The number of hydrogen-bond acceptors (Lipinski definition) is 4. The molecule has 18 heavy (non-hydrogen) atoms. The molecule has 0 saturated heterocycles. The van der Waals surface area contributed by atoms with Crippen LogP contribution in [0.25, 0.3) is 0 Å². The van der Waals surface area contributed by atoms with Gasteiger partial charge in [-0.2, -0.15) is 0 Å². The minimum Gasteiger partial charge on any atom is -0.478 e. The Kier molecular flexibility index (Phi) is 4.76. The number of carboxylic acid groups (broad SMARTS) is 1. The Hall–Kier alpha value is -2.48. The third kappa shape index (κ3) is 3.83. The van der Waals surface area contributed by atoms with E-state index < -0.39 is 5.97 Å². The SMILES string of the molecule is CCOC(=O)CC#Cc1ccc(C(=O)O)c(N)c1. The zero-order valence-electron chi connectivity index (χ0n) is 9.90. The Labute approximate surface area is 105 Å². The Balaban J connectivity index is 2.75. The van der Waals surface area contributed by atoms with Gasteiger partial charge < -0.3 is 15.6 Å². The van der Waals surface area contributed by atoms with Gasteiger partial charge in [0.15, 0.2) is 0 Å². The van der Waals surface area contributed by atoms with Gasteiger partial charge in [-0.05, 0) is 25.1 Å². The summed E-state index contributed by atoms with van der Waals surface area (Å²) in [5.41, 5.74) is 6.30. The van der Waals surface area contributed by atoms with Gasteiger partial charge in [0.25, 0.3) is 0 Å². The lowest BCUT2D eigenvalue weighted by Gasteiger charge is -2.00. The lowest BCUT2D eigenvalue weighted by molar-refractivity contribution is -0.141. The normalized spacial score (nSPS) is 9.17. The fourth-order valence-corrected chi connectivity index (χ4v) is 1.27. The van der Waals surface area contributed by atoms with Crippen LogP contribution >= 0.6 is 0 Å². The van der Waals surface area contributed by atoms with Gasteiger partial charge in [-0.15, -0.1) is 0 Å². The Morgan fingerprint density at radius 3 is 2.72 bits per heavy atom. The number of rotatable bonds is 3. The molecule has 5 nitrogen and oxygen atoms in total. The lowest BCUT2D eigenvalue weighted by Crippen LogP contribution is -2.02. The van der Waals surface area contributed by atoms with Gasteiger partial charge >= 0.3 is 11.9 Å². The van der Waals surface area contributed by atoms with Gasteiger partial charge in [0.2, 0.25) is 0 Å². The van der Waals surface area contributed by atoms with E-state index in [9.17, 15) is 9.59 Å². The summed E-state index contributed by atoms with van der Waals surface area (Å²) in [6.45, 7) is 2.04. The quantitative estimate of drug-likeness (QED) is 0.477. The van der Waals surface area contributed by atoms with Gasteiger partial charge in [-0.3, -0.25) is 4.79 Å². The van der Waals surface area contributed by atoms with Crippen LogP contribution in [0.5, 0.6) is 0 Å². The minimum absolute atomic E-state index is 0.00553. The van der Waals surface area contributed by atoms with Crippen LogP contribution in [-0.4, -0.2) is 23.7 Å². The molecule has 0 saturated carbocycles. The molecule has 0 bridgehead atoms. The van der Waals surface area contributed by atoms with E-state index in [4.69, 9.17) is 15.6 Å². The van der Waals surface area contributed by atoms with Crippen molar-refractivity contribution in [1.82, 2.24) is 0 Å². The molecule has 1 aromatic rings. The Bertz CT molecular complexity index is 526. The average molecular weight is 247 g/mol. The average Bonchev–Trinajstić information content (AvgIpc) is 2.29. The number of benzene rings is 1. The minimum atomic E-state index is -1.08. The first-order chi connectivity index (χ1) is 8.54. The molecule has 3 N–H and O–H groups in total. The highest BCUT2D eigenvalue weighted by molar-refractivity contribution is 5.93. The predicted octanol–water partition coefficient (Wildman–Crippen LogP) is 1.27. The summed E-state index contributed by atoms with van der Waals surface area (Å²) in [7, 11) is 0. The summed E-state index contributed by atoms with van der Waals surface area (Å²) in [5, 5.41) is 8.79. The van der Waals surface area contributed by atoms with Crippen molar-refractivity contribution in [2.75, 3.05) is 12.3 Å². The summed E-state index contributed by atoms with van der Waals surface area (Å²) in [4.78, 5) is 21.7. The first-order valence-electron chi connectivity index (χ1n) is 5.32. The zero-order valence-corrected chi connectivity index (χ0v) is 9.90. The molecule has 0 unspecified atom stereocenters. The van der Waals surface area contributed by atoms with E-state index in [2.05, 4.69) is 11.8 Å². The maximum Gasteiger partial charge on any atom is 0.337 e. The smallest absolute Gasteiger partial charge is 0.337 e. The maximum absolute atomic E-state index is 11.0. The number of anilines is 1. The van der Waals surface area contributed by atoms with Crippen LogP contribution in [0.2, 0.25) is 0 Å². The van der Waals surface area contributed by atoms with E-state index in [1.165, 1.54) is 18.2 Å². The van der Waals surface area contributed by atoms with Crippen LogP contribution in [0, 0.1) is 11.8 Å². The molecule has 0 amide bonds. The highest BCUT2D eigenvalue weighted by Gasteiger charge is 2.06. The Morgan fingerprint density at radius 2 is 2.17 bits per heavy atom. The van der Waals surface area contributed by atoms with Gasteiger partial charge in [-0.25, -0.2) is 4.79 Å². The van der Waals surface area contributed by atoms with E-state index in [1.807, 2.05) is 0 Å². The number of carbonyl (C=O) groups excluding carboxylic acids is 1. The molecule has 0 aromatic heterocycles. The number of nitrogens with two attached hydrogens (primary N) is 1. The molecule has 0 aliphatic heterocycles. The molecule has 0 aliphatic rings. The molecular formula is C13H13NO4. The van der Waals surface area contributed by atoms with Gasteiger partial charge in [-0.1, -0.05) is 11.8 Å². The van der Waals surface area contributed by atoms with Gasteiger partial charge in [0.1, 0.15) is 6.42 Å². The second-order valence-electron chi connectivity index (χ2n) is 3.39. The van der Waals surface area contributed by atoms with Crippen molar-refractivity contribution in [2.45, 2.75) is 13.3 Å². The van der Waals surface area contributed by atoms with Crippen LogP contribution in [-0.2, 0) is 9.53 Å². The van der Waals surface area contributed by atoms with Crippen molar-refractivity contribution in [3.63, 3.8) is 0 Å². The predicted molar refractivity (Wildman–Crippen MR) is 65.9 cm³/mol. The summed E-state index contributed by atoms with van der Waals surface area (Å²) < 4.78 is 4.71. The highest BCUT2D eigenvalue weighted by atomic mass is 16.5. The standard InChI is InChI=1S/C13H13NO4/c1-2-18-12(15)5-3-4-9-6-7-10(13(16)17)11(14)8-9/h6-8H,2,5,14H2,1H3,(H,16,17). The molecule has 94 valence electrons. The van der Waals surface area contributed by atoms with Gasteiger partial charge in [0, 0.05) is 11.3 Å². The van der Waals surface area contributed by atoms with Crippen molar-refractivity contribution in [1.29, 1.82) is 0 Å². The monoisotopic (exact) mass is 247 g/mol. The maximum atomic E-state index is 11.0. The van der Waals surface area contributed by atoms with E-state index in [-0.39, 0.29) is 23.6 Å². The summed E-state index contributed by atoms with van der Waals surface area (Å²) >= 11 is 0. The van der Waals surface area contributed by atoms with E-state index >= 15 is 0 Å². The second-order valence-corrected chi connectivity index (χ2v) is 3.39. The third-order valence-electron chi connectivity index (χ3n) is 2.05. The van der Waals surface area contributed by atoms with Crippen molar-refractivity contribution in [3.05, 3.63) is 29.3 Å². The molecule has 1 rings (SSSR count). The summed E-state index contributed by atoms with van der Waals surface area (Å²) in [5.74, 6) is 3.88.